The second-order valence-corrected chi connectivity index (χ2v) is 3.76. The fourth-order valence-corrected chi connectivity index (χ4v) is 1.42. The van der Waals surface area contributed by atoms with Gasteiger partial charge in [0.25, 0.3) is 0 Å². The third-order valence-corrected chi connectivity index (χ3v) is 2.22. The van der Waals surface area contributed by atoms with E-state index in [-0.39, 0.29) is 18.9 Å². The number of hydrogen-bond donors (Lipinski definition) is 2. The molecule has 0 spiro atoms. The molecule has 2 heterocycles. The van der Waals surface area contributed by atoms with E-state index in [2.05, 4.69) is 20.6 Å². The molecule has 2 aromatic rings. The normalized spacial score (nSPS) is 10.1. The first kappa shape index (κ1) is 12.7. The number of amides is 1. The zero-order valence-electron chi connectivity index (χ0n) is 9.85. The quantitative estimate of drug-likeness (QED) is 0.780. The summed E-state index contributed by atoms with van der Waals surface area (Å²) in [5, 5.41) is 18.5. The first-order chi connectivity index (χ1) is 9.13. The van der Waals surface area contributed by atoms with Crippen LogP contribution in [-0.4, -0.2) is 37.0 Å². The molecular formula is C11H11N5O3. The van der Waals surface area contributed by atoms with Crippen molar-refractivity contribution in [2.75, 3.05) is 5.32 Å². The summed E-state index contributed by atoms with van der Waals surface area (Å²) < 4.78 is 1.39. The number of carbonyl (C=O) groups is 2. The molecule has 0 aromatic carbocycles. The van der Waals surface area contributed by atoms with E-state index >= 15 is 0 Å². The van der Waals surface area contributed by atoms with Gasteiger partial charge in [0.05, 0.1) is 30.2 Å². The Balaban J connectivity index is 1.92. The van der Waals surface area contributed by atoms with Gasteiger partial charge >= 0.3 is 5.97 Å². The van der Waals surface area contributed by atoms with Gasteiger partial charge in [-0.15, -0.1) is 5.10 Å². The average molecular weight is 261 g/mol. The molecule has 19 heavy (non-hydrogen) atoms. The number of anilines is 1. The summed E-state index contributed by atoms with van der Waals surface area (Å²) in [5.41, 5.74) is 0.932. The van der Waals surface area contributed by atoms with Crippen LogP contribution in [0.3, 0.4) is 0 Å². The van der Waals surface area contributed by atoms with Crippen molar-refractivity contribution < 1.29 is 14.7 Å². The van der Waals surface area contributed by atoms with Gasteiger partial charge in [-0.2, -0.15) is 0 Å². The van der Waals surface area contributed by atoms with Crippen LogP contribution in [0.25, 0.3) is 0 Å². The van der Waals surface area contributed by atoms with E-state index in [4.69, 9.17) is 5.11 Å². The number of rotatable bonds is 5. The predicted octanol–water partition coefficient (Wildman–Crippen LogP) is -0.0611. The third kappa shape index (κ3) is 3.87. The fourth-order valence-electron chi connectivity index (χ4n) is 1.42. The summed E-state index contributed by atoms with van der Waals surface area (Å²) >= 11 is 0. The Morgan fingerprint density at radius 2 is 2.21 bits per heavy atom. The van der Waals surface area contributed by atoms with Crippen LogP contribution in [0.1, 0.15) is 5.69 Å². The first-order valence-corrected chi connectivity index (χ1v) is 5.44. The van der Waals surface area contributed by atoms with Crippen molar-refractivity contribution in [3.05, 3.63) is 36.4 Å². The molecule has 0 unspecified atom stereocenters. The van der Waals surface area contributed by atoms with Crippen LogP contribution in [-0.2, 0) is 22.6 Å². The fraction of sp³-hybridized carbons (Fsp3) is 0.182. The standard InChI is InChI=1S/C11H11N5O3/c17-10(7-16-4-3-13-15-16)14-9-2-1-8(12-6-9)5-11(18)19/h1-4,6H,5,7H2,(H,14,17)(H,18,19). The minimum atomic E-state index is -0.949. The second kappa shape index (κ2) is 5.71. The topological polar surface area (TPSA) is 110 Å². The SMILES string of the molecule is O=C(O)Cc1ccc(NC(=O)Cn2ccnn2)cn1. The minimum absolute atomic E-state index is 0.0525. The number of carboxylic acids is 1. The molecule has 2 aromatic heterocycles. The van der Waals surface area contributed by atoms with Crippen LogP contribution in [0.15, 0.2) is 30.7 Å². The van der Waals surface area contributed by atoms with E-state index < -0.39 is 5.97 Å². The molecule has 2 rings (SSSR count). The molecule has 8 nitrogen and oxygen atoms in total. The molecule has 0 fully saturated rings. The lowest BCUT2D eigenvalue weighted by Gasteiger charge is -2.05. The molecule has 0 aliphatic carbocycles. The smallest absolute Gasteiger partial charge is 0.309 e. The minimum Gasteiger partial charge on any atom is -0.481 e. The van der Waals surface area contributed by atoms with Crippen LogP contribution in [0, 0.1) is 0 Å². The van der Waals surface area contributed by atoms with Crippen molar-refractivity contribution in [1.29, 1.82) is 0 Å². The van der Waals surface area contributed by atoms with E-state index in [0.717, 1.165) is 0 Å². The van der Waals surface area contributed by atoms with Crippen molar-refractivity contribution in [1.82, 2.24) is 20.0 Å². The Bertz CT molecular complexity index is 565. The second-order valence-electron chi connectivity index (χ2n) is 3.76. The monoisotopic (exact) mass is 261 g/mol. The van der Waals surface area contributed by atoms with Gasteiger partial charge in [-0.05, 0) is 12.1 Å². The molecule has 1 amide bonds. The van der Waals surface area contributed by atoms with E-state index in [1.54, 1.807) is 18.3 Å². The predicted molar refractivity (Wildman–Crippen MR) is 64.2 cm³/mol. The van der Waals surface area contributed by atoms with Crippen LogP contribution >= 0.6 is 0 Å². The Morgan fingerprint density at radius 1 is 1.37 bits per heavy atom. The highest BCUT2D eigenvalue weighted by Crippen LogP contribution is 2.06. The van der Waals surface area contributed by atoms with Gasteiger partial charge in [0.2, 0.25) is 5.91 Å². The molecule has 0 bridgehead atoms. The van der Waals surface area contributed by atoms with Crippen molar-refractivity contribution >= 4 is 17.6 Å². The Kier molecular flexibility index (Phi) is 3.81. The number of carboxylic acid groups (broad SMARTS) is 1. The van der Waals surface area contributed by atoms with Crippen LogP contribution < -0.4 is 5.32 Å². The molecule has 0 aliphatic heterocycles. The number of carbonyl (C=O) groups excluding carboxylic acids is 1. The maximum Gasteiger partial charge on any atom is 0.309 e. The highest BCUT2D eigenvalue weighted by Gasteiger charge is 2.05. The molecule has 2 N–H and O–H groups in total. The Morgan fingerprint density at radius 3 is 2.79 bits per heavy atom. The number of nitrogens with zero attached hydrogens (tertiary/aromatic N) is 4. The average Bonchev–Trinajstić information content (AvgIpc) is 2.83. The summed E-state index contributed by atoms with van der Waals surface area (Å²) in [4.78, 5) is 26.0. The summed E-state index contributed by atoms with van der Waals surface area (Å²) in [5.74, 6) is -1.21. The number of aliphatic carboxylic acids is 1. The van der Waals surface area contributed by atoms with Crippen molar-refractivity contribution in [3.63, 3.8) is 0 Å². The molecular weight excluding hydrogens is 250 g/mol. The number of pyridine rings is 1. The molecule has 0 radical (unpaired) electrons. The maximum atomic E-state index is 11.6. The number of aromatic nitrogens is 4. The summed E-state index contributed by atoms with van der Waals surface area (Å²) in [6.07, 6.45) is 4.33. The van der Waals surface area contributed by atoms with Crippen LogP contribution in [0.4, 0.5) is 5.69 Å². The van der Waals surface area contributed by atoms with Crippen LogP contribution in [0.5, 0.6) is 0 Å². The molecule has 8 heteroatoms. The Hall–Kier alpha value is -2.77. The molecule has 0 atom stereocenters. The van der Waals surface area contributed by atoms with Gasteiger partial charge in [0, 0.05) is 6.20 Å². The zero-order chi connectivity index (χ0) is 13.7. The largest absolute Gasteiger partial charge is 0.481 e. The van der Waals surface area contributed by atoms with Crippen molar-refractivity contribution in [2.45, 2.75) is 13.0 Å². The summed E-state index contributed by atoms with van der Waals surface area (Å²) in [7, 11) is 0. The lowest BCUT2D eigenvalue weighted by molar-refractivity contribution is -0.136. The first-order valence-electron chi connectivity index (χ1n) is 5.44. The van der Waals surface area contributed by atoms with Crippen molar-refractivity contribution in [3.8, 4) is 0 Å². The lowest BCUT2D eigenvalue weighted by Crippen LogP contribution is -2.19. The van der Waals surface area contributed by atoms with Gasteiger partial charge in [-0.25, -0.2) is 4.68 Å². The van der Waals surface area contributed by atoms with Crippen molar-refractivity contribution in [2.24, 2.45) is 0 Å². The maximum absolute atomic E-state index is 11.6. The summed E-state index contributed by atoms with van der Waals surface area (Å²) in [6, 6.07) is 3.16. The number of nitrogens with one attached hydrogen (secondary N) is 1. The Labute approximate surface area is 108 Å². The van der Waals surface area contributed by atoms with E-state index in [1.807, 2.05) is 0 Å². The highest BCUT2D eigenvalue weighted by molar-refractivity contribution is 5.90. The van der Waals surface area contributed by atoms with E-state index in [9.17, 15) is 9.59 Å². The van der Waals surface area contributed by atoms with Gasteiger partial charge in [0.1, 0.15) is 6.54 Å². The van der Waals surface area contributed by atoms with E-state index in [0.29, 0.717) is 11.4 Å². The van der Waals surface area contributed by atoms with Crippen LogP contribution in [0.2, 0.25) is 0 Å². The highest BCUT2D eigenvalue weighted by atomic mass is 16.4. The lowest BCUT2D eigenvalue weighted by atomic mass is 10.2. The summed E-state index contributed by atoms with van der Waals surface area (Å²) in [6.45, 7) is 0.0525. The zero-order valence-corrected chi connectivity index (χ0v) is 9.85. The van der Waals surface area contributed by atoms with Gasteiger partial charge < -0.3 is 10.4 Å². The van der Waals surface area contributed by atoms with E-state index in [1.165, 1.54) is 17.1 Å². The molecule has 0 saturated heterocycles. The molecule has 98 valence electrons. The number of hydrogen-bond acceptors (Lipinski definition) is 5. The molecule has 0 aliphatic rings. The van der Waals surface area contributed by atoms with Gasteiger partial charge in [0.15, 0.2) is 0 Å². The van der Waals surface area contributed by atoms with Gasteiger partial charge in [-0.3, -0.25) is 14.6 Å². The third-order valence-electron chi connectivity index (χ3n) is 2.22. The van der Waals surface area contributed by atoms with Gasteiger partial charge in [-0.1, -0.05) is 5.21 Å². The molecule has 0 saturated carbocycles.